The zero-order valence-corrected chi connectivity index (χ0v) is 27.6. The molecule has 0 saturated carbocycles. The fourth-order valence-corrected chi connectivity index (χ4v) is 5.41. The highest BCUT2D eigenvalue weighted by atomic mass is 16.2. The molecule has 0 aliphatic rings. The lowest BCUT2D eigenvalue weighted by Crippen LogP contribution is -2.45. The van der Waals surface area contributed by atoms with Crippen LogP contribution >= 0.6 is 0 Å². The topological polar surface area (TPSA) is 104 Å². The maximum atomic E-state index is 13.2. The molecule has 0 aromatic heterocycles. The minimum atomic E-state index is -0.256. The van der Waals surface area contributed by atoms with E-state index in [4.69, 9.17) is 0 Å². The number of hydrogen-bond acceptors (Lipinski definition) is 4. The lowest BCUT2D eigenvalue weighted by molar-refractivity contribution is -0.124. The van der Waals surface area contributed by atoms with E-state index < -0.39 is 0 Å². The van der Waals surface area contributed by atoms with Gasteiger partial charge in [-0.3, -0.25) is 19.2 Å². The van der Waals surface area contributed by atoms with E-state index in [1.165, 1.54) is 12.8 Å². The van der Waals surface area contributed by atoms with Gasteiger partial charge in [-0.2, -0.15) is 0 Å². The van der Waals surface area contributed by atoms with E-state index in [-0.39, 0.29) is 54.5 Å². The van der Waals surface area contributed by atoms with E-state index >= 15 is 0 Å². The lowest BCUT2D eigenvalue weighted by Gasteiger charge is -2.24. The van der Waals surface area contributed by atoms with E-state index in [2.05, 4.69) is 50.6 Å². The number of unbranched alkanes of at least 4 members (excludes halogenated alkanes) is 8. The van der Waals surface area contributed by atoms with Crippen LogP contribution < -0.4 is 16.0 Å². The molecular formula is C34H65N3O4. The Morgan fingerprint density at radius 1 is 0.463 bits per heavy atom. The predicted molar refractivity (Wildman–Crippen MR) is 171 cm³/mol. The smallest absolute Gasteiger partial charge is 0.222 e. The van der Waals surface area contributed by atoms with Crippen molar-refractivity contribution in [1.29, 1.82) is 0 Å². The first-order valence-corrected chi connectivity index (χ1v) is 17.0. The average Bonchev–Trinajstić information content (AvgIpc) is 2.88. The number of hydrogen-bond donors (Lipinski definition) is 3. The van der Waals surface area contributed by atoms with E-state index in [1.807, 2.05) is 0 Å². The second-order valence-corrected chi connectivity index (χ2v) is 12.4. The van der Waals surface area contributed by atoms with Crippen LogP contribution in [0.15, 0.2) is 0 Å². The molecule has 0 bridgehead atoms. The number of carbonyl (C=O) groups excluding carboxylic acids is 4. The summed E-state index contributed by atoms with van der Waals surface area (Å²) in [5, 5.41) is 9.35. The highest BCUT2D eigenvalue weighted by molar-refractivity contribution is 5.82. The molecule has 0 spiro atoms. The Morgan fingerprint density at radius 3 is 1.12 bits per heavy atom. The Labute approximate surface area is 252 Å². The molecule has 0 aliphatic heterocycles. The minimum absolute atomic E-state index is 0.0294. The van der Waals surface area contributed by atoms with Crippen molar-refractivity contribution in [1.82, 2.24) is 16.0 Å². The van der Waals surface area contributed by atoms with Crippen LogP contribution in [0.5, 0.6) is 0 Å². The third-order valence-corrected chi connectivity index (χ3v) is 7.80. The van der Waals surface area contributed by atoms with E-state index in [0.29, 0.717) is 18.8 Å². The van der Waals surface area contributed by atoms with Crippen molar-refractivity contribution in [3.05, 3.63) is 0 Å². The number of rotatable bonds is 27. The standard InChI is InChI=1S/C34H65N3O4/c1-7-11-15-19-27(5)23-32(39)36-30(21-17-13-9-3)25-34(41)37-31(22-18-14-10-4)26-33(40)35-29(24-28(6)38)20-16-12-8-2/h27,29-31H,7-26H2,1-6H3,(H,35,40)(H,36,39)(H,37,41). The van der Waals surface area contributed by atoms with E-state index in [0.717, 1.165) is 89.9 Å². The quantitative estimate of drug-likeness (QED) is 0.0874. The number of Topliss-reactive ketones (excluding diaryl/α,β-unsaturated/α-hetero) is 1. The maximum absolute atomic E-state index is 13.2. The van der Waals surface area contributed by atoms with Crippen molar-refractivity contribution in [2.45, 2.75) is 188 Å². The molecular weight excluding hydrogens is 514 g/mol. The van der Waals surface area contributed by atoms with Crippen LogP contribution in [0.25, 0.3) is 0 Å². The second-order valence-electron chi connectivity index (χ2n) is 12.4. The molecule has 3 N–H and O–H groups in total. The first-order chi connectivity index (χ1) is 19.6. The van der Waals surface area contributed by atoms with Crippen LogP contribution in [0.2, 0.25) is 0 Å². The number of amides is 3. The zero-order valence-electron chi connectivity index (χ0n) is 27.6. The Hall–Kier alpha value is -1.92. The highest BCUT2D eigenvalue weighted by Gasteiger charge is 2.22. The first kappa shape index (κ1) is 39.1. The van der Waals surface area contributed by atoms with Crippen molar-refractivity contribution in [3.8, 4) is 0 Å². The molecule has 0 aromatic rings. The van der Waals surface area contributed by atoms with Gasteiger partial charge in [-0.1, -0.05) is 118 Å². The summed E-state index contributed by atoms with van der Waals surface area (Å²) in [4.78, 5) is 50.8. The van der Waals surface area contributed by atoms with Crippen molar-refractivity contribution in [3.63, 3.8) is 0 Å². The Morgan fingerprint density at radius 2 is 0.780 bits per heavy atom. The van der Waals surface area contributed by atoms with Crippen LogP contribution in [-0.4, -0.2) is 41.6 Å². The maximum Gasteiger partial charge on any atom is 0.222 e. The highest BCUT2D eigenvalue weighted by Crippen LogP contribution is 2.15. The summed E-state index contributed by atoms with van der Waals surface area (Å²) in [6.45, 7) is 12.3. The summed E-state index contributed by atoms with van der Waals surface area (Å²) in [7, 11) is 0. The van der Waals surface area contributed by atoms with Gasteiger partial charge in [0.2, 0.25) is 17.7 Å². The molecule has 0 fully saturated rings. The van der Waals surface area contributed by atoms with Gasteiger partial charge in [0.25, 0.3) is 0 Å². The van der Waals surface area contributed by atoms with Crippen molar-refractivity contribution in [2.75, 3.05) is 0 Å². The van der Waals surface area contributed by atoms with Gasteiger partial charge in [0.05, 0.1) is 0 Å². The molecule has 0 radical (unpaired) electrons. The van der Waals surface area contributed by atoms with Gasteiger partial charge in [-0.05, 0) is 32.1 Å². The minimum Gasteiger partial charge on any atom is -0.353 e. The normalized spacial score (nSPS) is 14.1. The predicted octanol–water partition coefficient (Wildman–Crippen LogP) is 7.55. The zero-order chi connectivity index (χ0) is 30.9. The van der Waals surface area contributed by atoms with Crippen molar-refractivity contribution in [2.24, 2.45) is 5.92 Å². The van der Waals surface area contributed by atoms with Crippen molar-refractivity contribution >= 4 is 23.5 Å². The van der Waals surface area contributed by atoms with Crippen LogP contribution in [0.3, 0.4) is 0 Å². The Bertz CT molecular complexity index is 712. The number of ketones is 1. The molecule has 0 saturated heterocycles. The van der Waals surface area contributed by atoms with Crippen LogP contribution in [0.1, 0.15) is 170 Å². The van der Waals surface area contributed by atoms with Gasteiger partial charge < -0.3 is 16.0 Å². The number of carbonyl (C=O) groups is 4. The fourth-order valence-electron chi connectivity index (χ4n) is 5.41. The molecule has 4 unspecified atom stereocenters. The summed E-state index contributed by atoms with van der Waals surface area (Å²) in [5.41, 5.74) is 0. The average molecular weight is 580 g/mol. The Kier molecular flexibility index (Phi) is 24.6. The lowest BCUT2D eigenvalue weighted by atomic mass is 9.98. The molecule has 7 heteroatoms. The summed E-state index contributed by atoms with van der Waals surface area (Å²) in [6, 6.07) is -0.602. The SMILES string of the molecule is CCCCCC(C)CC(=O)NC(CCCCC)CC(=O)NC(CCCCC)CC(=O)NC(CCCCC)CC(C)=O. The molecule has 240 valence electrons. The van der Waals surface area contributed by atoms with Gasteiger partial charge in [-0.25, -0.2) is 0 Å². The molecule has 3 amide bonds. The Balaban J connectivity index is 5.18. The molecule has 0 rings (SSSR count). The molecule has 4 atom stereocenters. The van der Waals surface area contributed by atoms with Crippen LogP contribution in [0, 0.1) is 5.92 Å². The van der Waals surface area contributed by atoms with Crippen molar-refractivity contribution < 1.29 is 19.2 Å². The fraction of sp³-hybridized carbons (Fsp3) is 0.882. The first-order valence-electron chi connectivity index (χ1n) is 17.0. The summed E-state index contributed by atoms with van der Waals surface area (Å²) in [6.07, 6.45) is 17.5. The largest absolute Gasteiger partial charge is 0.353 e. The van der Waals surface area contributed by atoms with E-state index in [1.54, 1.807) is 6.92 Å². The molecule has 0 heterocycles. The summed E-state index contributed by atoms with van der Waals surface area (Å²) in [5.74, 6) is 0.217. The van der Waals surface area contributed by atoms with Gasteiger partial charge in [-0.15, -0.1) is 0 Å². The molecule has 0 aliphatic carbocycles. The van der Waals surface area contributed by atoms with Gasteiger partial charge in [0.15, 0.2) is 0 Å². The summed E-state index contributed by atoms with van der Waals surface area (Å²) < 4.78 is 0. The van der Waals surface area contributed by atoms with Gasteiger partial charge in [0.1, 0.15) is 5.78 Å². The van der Waals surface area contributed by atoms with E-state index in [9.17, 15) is 19.2 Å². The monoisotopic (exact) mass is 579 g/mol. The molecule has 7 nitrogen and oxygen atoms in total. The van der Waals surface area contributed by atoms with Crippen LogP contribution in [-0.2, 0) is 19.2 Å². The second kappa shape index (κ2) is 25.8. The summed E-state index contributed by atoms with van der Waals surface area (Å²) >= 11 is 0. The van der Waals surface area contributed by atoms with Crippen LogP contribution in [0.4, 0.5) is 0 Å². The third-order valence-electron chi connectivity index (χ3n) is 7.80. The third kappa shape index (κ3) is 23.3. The van der Waals surface area contributed by atoms with Gasteiger partial charge in [0, 0.05) is 43.8 Å². The molecule has 41 heavy (non-hydrogen) atoms. The van der Waals surface area contributed by atoms with Gasteiger partial charge >= 0.3 is 0 Å². The molecule has 0 aromatic carbocycles. The number of nitrogens with one attached hydrogen (secondary N) is 3.